The Morgan fingerprint density at radius 1 is 0.833 bits per heavy atom. The topological polar surface area (TPSA) is 55.4 Å². The predicted octanol–water partition coefficient (Wildman–Crippen LogP) is 1.98. The number of hydrogen-bond acceptors (Lipinski definition) is 3. The summed E-state index contributed by atoms with van der Waals surface area (Å²) in [5.74, 6) is -0.969. The van der Waals surface area contributed by atoms with Crippen molar-refractivity contribution in [2.24, 2.45) is 0 Å². The molecular formula is C14H11NO3. The van der Waals surface area contributed by atoms with Crippen LogP contribution < -0.4 is 10.3 Å². The molecule has 4 heteroatoms. The van der Waals surface area contributed by atoms with Gasteiger partial charge in [0, 0.05) is 5.56 Å². The minimum Gasteiger partial charge on any atom is -0.379 e. The highest BCUT2D eigenvalue weighted by atomic mass is 16.7. The van der Waals surface area contributed by atoms with E-state index in [4.69, 9.17) is 4.84 Å². The Balaban J connectivity index is 1.95. The molecule has 0 radical (unpaired) electrons. The van der Waals surface area contributed by atoms with E-state index in [-0.39, 0.29) is 0 Å². The summed E-state index contributed by atoms with van der Waals surface area (Å²) in [6.45, 7) is 0. The van der Waals surface area contributed by atoms with Gasteiger partial charge in [0.25, 0.3) is 5.78 Å². The molecule has 2 aromatic rings. The standard InChI is InChI=1S/C14H11NO3/c16-13(11-7-3-1-4-8-11)14(17)15-18-12-9-5-2-6-10-12/h1-10H,(H,15,17). The Labute approximate surface area is 104 Å². The van der Waals surface area contributed by atoms with Crippen LogP contribution in [0.1, 0.15) is 10.4 Å². The third-order valence-corrected chi connectivity index (χ3v) is 2.25. The van der Waals surface area contributed by atoms with E-state index < -0.39 is 11.7 Å². The number of hydroxylamine groups is 1. The van der Waals surface area contributed by atoms with Crippen LogP contribution in [-0.4, -0.2) is 11.7 Å². The lowest BCUT2D eigenvalue weighted by molar-refractivity contribution is -0.123. The maximum atomic E-state index is 11.7. The molecule has 2 aromatic carbocycles. The molecule has 0 atom stereocenters. The van der Waals surface area contributed by atoms with Gasteiger partial charge in [0.05, 0.1) is 0 Å². The maximum absolute atomic E-state index is 11.7. The highest BCUT2D eigenvalue weighted by molar-refractivity contribution is 6.42. The van der Waals surface area contributed by atoms with Crippen molar-refractivity contribution in [1.82, 2.24) is 5.48 Å². The van der Waals surface area contributed by atoms with Crippen LogP contribution in [0.4, 0.5) is 0 Å². The second-order valence-electron chi connectivity index (χ2n) is 3.54. The van der Waals surface area contributed by atoms with Gasteiger partial charge in [-0.25, -0.2) is 0 Å². The number of amides is 1. The fourth-order valence-corrected chi connectivity index (χ4v) is 1.36. The van der Waals surface area contributed by atoms with E-state index in [9.17, 15) is 9.59 Å². The summed E-state index contributed by atoms with van der Waals surface area (Å²) in [6.07, 6.45) is 0. The van der Waals surface area contributed by atoms with Crippen molar-refractivity contribution in [2.75, 3.05) is 0 Å². The van der Waals surface area contributed by atoms with Gasteiger partial charge in [0.15, 0.2) is 5.75 Å². The average molecular weight is 241 g/mol. The van der Waals surface area contributed by atoms with Crippen LogP contribution in [0.2, 0.25) is 0 Å². The molecule has 0 saturated carbocycles. The summed E-state index contributed by atoms with van der Waals surface area (Å²) in [4.78, 5) is 28.2. The molecule has 0 aliphatic heterocycles. The van der Waals surface area contributed by atoms with Crippen LogP contribution in [0, 0.1) is 0 Å². The molecule has 2 rings (SSSR count). The Morgan fingerprint density at radius 3 is 2.00 bits per heavy atom. The molecule has 0 bridgehead atoms. The lowest BCUT2D eigenvalue weighted by Crippen LogP contribution is -2.33. The molecule has 0 heterocycles. The zero-order chi connectivity index (χ0) is 12.8. The highest BCUT2D eigenvalue weighted by Crippen LogP contribution is 2.06. The molecule has 0 aromatic heterocycles. The lowest BCUT2D eigenvalue weighted by Gasteiger charge is -2.05. The Hall–Kier alpha value is -2.62. The fourth-order valence-electron chi connectivity index (χ4n) is 1.36. The van der Waals surface area contributed by atoms with E-state index in [0.29, 0.717) is 11.3 Å². The van der Waals surface area contributed by atoms with Crippen molar-refractivity contribution >= 4 is 11.7 Å². The van der Waals surface area contributed by atoms with Gasteiger partial charge in [0.1, 0.15) is 0 Å². The molecule has 0 unspecified atom stereocenters. The molecule has 0 fully saturated rings. The molecule has 18 heavy (non-hydrogen) atoms. The van der Waals surface area contributed by atoms with Gasteiger partial charge in [-0.3, -0.25) is 9.59 Å². The number of para-hydroxylation sites is 1. The van der Waals surface area contributed by atoms with Gasteiger partial charge in [0.2, 0.25) is 0 Å². The van der Waals surface area contributed by atoms with Crippen molar-refractivity contribution in [3.05, 3.63) is 66.2 Å². The van der Waals surface area contributed by atoms with E-state index in [1.165, 1.54) is 0 Å². The van der Waals surface area contributed by atoms with E-state index in [2.05, 4.69) is 5.48 Å². The molecule has 0 aliphatic carbocycles. The SMILES string of the molecule is O=C(NOc1ccccc1)C(=O)c1ccccc1. The Kier molecular flexibility index (Phi) is 3.71. The van der Waals surface area contributed by atoms with E-state index in [0.717, 1.165) is 0 Å². The van der Waals surface area contributed by atoms with E-state index in [1.807, 2.05) is 6.07 Å². The number of carbonyl (C=O) groups excluding carboxylic acids is 2. The largest absolute Gasteiger partial charge is 0.379 e. The fraction of sp³-hybridized carbons (Fsp3) is 0. The van der Waals surface area contributed by atoms with Gasteiger partial charge < -0.3 is 4.84 Å². The normalized spacial score (nSPS) is 9.56. The van der Waals surface area contributed by atoms with Crippen LogP contribution in [0.5, 0.6) is 5.75 Å². The monoisotopic (exact) mass is 241 g/mol. The first-order valence-electron chi connectivity index (χ1n) is 5.39. The van der Waals surface area contributed by atoms with Crippen molar-refractivity contribution in [3.8, 4) is 5.75 Å². The number of benzene rings is 2. The van der Waals surface area contributed by atoms with E-state index in [1.54, 1.807) is 54.6 Å². The molecule has 90 valence electrons. The lowest BCUT2D eigenvalue weighted by atomic mass is 10.1. The van der Waals surface area contributed by atoms with Crippen LogP contribution in [0.25, 0.3) is 0 Å². The van der Waals surface area contributed by atoms with Gasteiger partial charge in [-0.1, -0.05) is 48.5 Å². The number of ketones is 1. The maximum Gasteiger partial charge on any atom is 0.324 e. The summed E-state index contributed by atoms with van der Waals surface area (Å²) < 4.78 is 0. The highest BCUT2D eigenvalue weighted by Gasteiger charge is 2.15. The third-order valence-electron chi connectivity index (χ3n) is 2.25. The van der Waals surface area contributed by atoms with Gasteiger partial charge in [-0.05, 0) is 12.1 Å². The predicted molar refractivity (Wildman–Crippen MR) is 66.0 cm³/mol. The van der Waals surface area contributed by atoms with Crippen LogP contribution >= 0.6 is 0 Å². The van der Waals surface area contributed by atoms with E-state index >= 15 is 0 Å². The number of carbonyl (C=O) groups is 2. The van der Waals surface area contributed by atoms with Crippen molar-refractivity contribution in [1.29, 1.82) is 0 Å². The number of Topliss-reactive ketones (excluding diaryl/α,β-unsaturated/α-hetero) is 1. The zero-order valence-corrected chi connectivity index (χ0v) is 9.50. The average Bonchev–Trinajstić information content (AvgIpc) is 2.46. The minimum atomic E-state index is -0.801. The summed E-state index contributed by atoms with van der Waals surface area (Å²) in [7, 11) is 0. The summed E-state index contributed by atoms with van der Waals surface area (Å²) in [5.41, 5.74) is 2.43. The third kappa shape index (κ3) is 2.95. The first-order chi connectivity index (χ1) is 8.77. The van der Waals surface area contributed by atoms with Crippen molar-refractivity contribution in [3.63, 3.8) is 0 Å². The second kappa shape index (κ2) is 5.63. The molecule has 1 N–H and O–H groups in total. The molecule has 1 amide bonds. The van der Waals surface area contributed by atoms with Crippen LogP contribution in [0.15, 0.2) is 60.7 Å². The summed E-state index contributed by atoms with van der Waals surface area (Å²) >= 11 is 0. The molecule has 0 aliphatic rings. The van der Waals surface area contributed by atoms with Crippen LogP contribution in [0.3, 0.4) is 0 Å². The Bertz CT molecular complexity index is 537. The molecule has 0 spiro atoms. The zero-order valence-electron chi connectivity index (χ0n) is 9.50. The van der Waals surface area contributed by atoms with Gasteiger partial charge in [-0.15, -0.1) is 0 Å². The first kappa shape index (κ1) is 11.9. The first-order valence-corrected chi connectivity index (χ1v) is 5.39. The quantitative estimate of drug-likeness (QED) is 0.506. The van der Waals surface area contributed by atoms with Gasteiger partial charge in [-0.2, -0.15) is 5.48 Å². The molecular weight excluding hydrogens is 230 g/mol. The smallest absolute Gasteiger partial charge is 0.324 e. The van der Waals surface area contributed by atoms with Gasteiger partial charge >= 0.3 is 5.91 Å². The summed E-state index contributed by atoms with van der Waals surface area (Å²) in [6, 6.07) is 17.0. The second-order valence-corrected chi connectivity index (χ2v) is 3.54. The number of rotatable bonds is 4. The number of nitrogens with one attached hydrogen (secondary N) is 1. The van der Waals surface area contributed by atoms with Crippen molar-refractivity contribution in [2.45, 2.75) is 0 Å². The molecule has 0 saturated heterocycles. The Morgan fingerprint density at radius 2 is 1.39 bits per heavy atom. The van der Waals surface area contributed by atoms with Crippen molar-refractivity contribution < 1.29 is 14.4 Å². The summed E-state index contributed by atoms with van der Waals surface area (Å²) in [5, 5.41) is 0. The molecule has 4 nitrogen and oxygen atoms in total. The minimum absolute atomic E-state index is 0.326. The van der Waals surface area contributed by atoms with Crippen LogP contribution in [-0.2, 0) is 4.79 Å². The number of hydrogen-bond donors (Lipinski definition) is 1.